The lowest BCUT2D eigenvalue weighted by molar-refractivity contribution is -0.143. The summed E-state index contributed by atoms with van der Waals surface area (Å²) in [6.45, 7) is 0. The average Bonchev–Trinajstić information content (AvgIpc) is 2.71. The van der Waals surface area contributed by atoms with Gasteiger partial charge in [-0.1, -0.05) is 12.1 Å². The summed E-state index contributed by atoms with van der Waals surface area (Å²) in [5.74, 6) is -2.72. The average molecular weight is 477 g/mol. The molecule has 2 aromatic rings. The molecule has 0 bridgehead atoms. The van der Waals surface area contributed by atoms with Gasteiger partial charge in [0.05, 0.1) is 22.1 Å². The molecule has 0 radical (unpaired) electrons. The van der Waals surface area contributed by atoms with E-state index in [1.165, 1.54) is 0 Å². The molecule has 0 aliphatic carbocycles. The minimum absolute atomic E-state index is 0.119. The number of para-hydroxylation sites is 1. The standard InChI is InChI=1S/C19H13F6N3O3S/c20-18(21,22)10-5-9(6-11(7-10)19(23,24)25)16(30)28-27-15(29)8-14-17(31)26-12-3-1-2-4-13(12)32-14/h1-7,14H,8H2,(H,26,31)(H,27,29)(H,28,30)/t14-/m1/s1. The van der Waals surface area contributed by atoms with Gasteiger partial charge in [0.2, 0.25) is 11.8 Å². The van der Waals surface area contributed by atoms with Gasteiger partial charge in [0.1, 0.15) is 0 Å². The van der Waals surface area contributed by atoms with Crippen molar-refractivity contribution >= 4 is 35.2 Å². The zero-order chi connectivity index (χ0) is 23.7. The lowest BCUT2D eigenvalue weighted by Gasteiger charge is -2.23. The van der Waals surface area contributed by atoms with E-state index in [-0.39, 0.29) is 18.2 Å². The molecule has 0 fully saturated rings. The molecule has 0 unspecified atom stereocenters. The Balaban J connectivity index is 1.66. The summed E-state index contributed by atoms with van der Waals surface area (Å²) in [7, 11) is 0. The number of anilines is 1. The summed E-state index contributed by atoms with van der Waals surface area (Å²) >= 11 is 1.10. The number of nitrogens with one attached hydrogen (secondary N) is 3. The van der Waals surface area contributed by atoms with Crippen LogP contribution in [0.25, 0.3) is 0 Å². The van der Waals surface area contributed by atoms with Crippen LogP contribution >= 0.6 is 11.8 Å². The van der Waals surface area contributed by atoms with E-state index in [0.29, 0.717) is 10.6 Å². The van der Waals surface area contributed by atoms with E-state index < -0.39 is 58.4 Å². The zero-order valence-corrected chi connectivity index (χ0v) is 16.5. The maximum Gasteiger partial charge on any atom is 0.416 e. The van der Waals surface area contributed by atoms with Crippen LogP contribution in [0.2, 0.25) is 0 Å². The Kier molecular flexibility index (Phi) is 6.39. The molecule has 2 aromatic carbocycles. The predicted octanol–water partition coefficient (Wildman–Crippen LogP) is 3.99. The topological polar surface area (TPSA) is 87.3 Å². The Labute approximate surface area is 180 Å². The van der Waals surface area contributed by atoms with E-state index in [1.807, 2.05) is 5.43 Å². The molecule has 3 N–H and O–H groups in total. The molecule has 0 saturated carbocycles. The van der Waals surface area contributed by atoms with E-state index in [0.717, 1.165) is 11.8 Å². The SMILES string of the molecule is O=C(C[C@H]1Sc2ccccc2NC1=O)NNC(=O)c1cc(C(F)(F)F)cc(C(F)(F)F)c1. The highest BCUT2D eigenvalue weighted by Gasteiger charge is 2.37. The Morgan fingerprint density at radius 2 is 1.53 bits per heavy atom. The minimum Gasteiger partial charge on any atom is -0.324 e. The van der Waals surface area contributed by atoms with Crippen LogP contribution in [0.4, 0.5) is 32.0 Å². The number of fused-ring (bicyclic) bond motifs is 1. The quantitative estimate of drug-likeness (QED) is 0.461. The maximum absolute atomic E-state index is 12.9. The normalized spacial score (nSPS) is 16.1. The minimum atomic E-state index is -5.12. The fourth-order valence-electron chi connectivity index (χ4n) is 2.73. The number of benzene rings is 2. The lowest BCUT2D eigenvalue weighted by Crippen LogP contribution is -2.44. The first kappa shape index (κ1) is 23.4. The number of halogens is 6. The molecule has 1 heterocycles. The number of thioether (sulfide) groups is 1. The third kappa shape index (κ3) is 5.52. The summed E-state index contributed by atoms with van der Waals surface area (Å²) in [6, 6.07) is 7.17. The summed E-state index contributed by atoms with van der Waals surface area (Å²) in [5, 5.41) is 1.75. The second-order valence-electron chi connectivity index (χ2n) is 6.59. The monoisotopic (exact) mass is 477 g/mol. The van der Waals surface area contributed by atoms with Gasteiger partial charge in [-0.25, -0.2) is 0 Å². The van der Waals surface area contributed by atoms with Crippen LogP contribution in [0.15, 0.2) is 47.4 Å². The molecule has 170 valence electrons. The number of hydrazine groups is 1. The molecular weight excluding hydrogens is 464 g/mol. The summed E-state index contributed by atoms with van der Waals surface area (Å²) in [5.41, 5.74) is -0.0627. The first-order valence-electron chi connectivity index (χ1n) is 8.80. The van der Waals surface area contributed by atoms with Crippen LogP contribution in [0.1, 0.15) is 27.9 Å². The van der Waals surface area contributed by atoms with Crippen molar-refractivity contribution in [2.45, 2.75) is 28.9 Å². The third-order valence-corrected chi connectivity index (χ3v) is 5.52. The van der Waals surface area contributed by atoms with Crippen molar-refractivity contribution in [2.24, 2.45) is 0 Å². The Morgan fingerprint density at radius 3 is 2.12 bits per heavy atom. The number of hydrogen-bond acceptors (Lipinski definition) is 4. The first-order chi connectivity index (χ1) is 14.8. The van der Waals surface area contributed by atoms with Gasteiger partial charge in [-0.2, -0.15) is 26.3 Å². The van der Waals surface area contributed by atoms with Gasteiger partial charge >= 0.3 is 12.4 Å². The van der Waals surface area contributed by atoms with Gasteiger partial charge in [0, 0.05) is 16.9 Å². The summed E-state index contributed by atoms with van der Waals surface area (Å²) < 4.78 is 77.4. The molecule has 0 spiro atoms. The summed E-state index contributed by atoms with van der Waals surface area (Å²) in [6.07, 6.45) is -10.6. The van der Waals surface area contributed by atoms with E-state index in [9.17, 15) is 40.7 Å². The van der Waals surface area contributed by atoms with E-state index >= 15 is 0 Å². The van der Waals surface area contributed by atoms with Crippen molar-refractivity contribution in [3.63, 3.8) is 0 Å². The van der Waals surface area contributed by atoms with Gasteiger partial charge in [-0.05, 0) is 30.3 Å². The maximum atomic E-state index is 12.9. The molecule has 32 heavy (non-hydrogen) atoms. The number of alkyl halides is 6. The predicted molar refractivity (Wildman–Crippen MR) is 101 cm³/mol. The third-order valence-electron chi connectivity index (χ3n) is 4.24. The number of rotatable bonds is 3. The van der Waals surface area contributed by atoms with Crippen LogP contribution in [0.5, 0.6) is 0 Å². The van der Waals surface area contributed by atoms with Crippen LogP contribution < -0.4 is 16.2 Å². The number of amides is 3. The summed E-state index contributed by atoms with van der Waals surface area (Å²) in [4.78, 5) is 37.0. The number of carbonyl (C=O) groups excluding carboxylic acids is 3. The van der Waals surface area contributed by atoms with E-state index in [2.05, 4.69) is 5.32 Å². The van der Waals surface area contributed by atoms with Crippen molar-refractivity contribution < 1.29 is 40.7 Å². The smallest absolute Gasteiger partial charge is 0.324 e. The molecule has 1 atom stereocenters. The van der Waals surface area contributed by atoms with Gasteiger partial charge < -0.3 is 5.32 Å². The van der Waals surface area contributed by atoms with Crippen molar-refractivity contribution in [3.05, 3.63) is 59.2 Å². The molecular formula is C19H13F6N3O3S. The molecule has 13 heteroatoms. The van der Waals surface area contributed by atoms with Gasteiger partial charge in [0.15, 0.2) is 0 Å². The Hall–Kier alpha value is -3.22. The van der Waals surface area contributed by atoms with Crippen LogP contribution in [0.3, 0.4) is 0 Å². The highest BCUT2D eigenvalue weighted by molar-refractivity contribution is 8.01. The van der Waals surface area contributed by atoms with E-state index in [4.69, 9.17) is 0 Å². The highest BCUT2D eigenvalue weighted by Crippen LogP contribution is 2.37. The molecule has 1 aliphatic heterocycles. The van der Waals surface area contributed by atoms with Gasteiger partial charge in [-0.3, -0.25) is 25.2 Å². The molecule has 6 nitrogen and oxygen atoms in total. The number of carbonyl (C=O) groups is 3. The zero-order valence-electron chi connectivity index (χ0n) is 15.7. The van der Waals surface area contributed by atoms with Crippen molar-refractivity contribution in [1.29, 1.82) is 0 Å². The lowest BCUT2D eigenvalue weighted by atomic mass is 10.0. The van der Waals surface area contributed by atoms with Crippen molar-refractivity contribution in [3.8, 4) is 0 Å². The second-order valence-corrected chi connectivity index (χ2v) is 7.84. The largest absolute Gasteiger partial charge is 0.416 e. The molecule has 3 amide bonds. The van der Waals surface area contributed by atoms with Gasteiger partial charge in [-0.15, -0.1) is 11.8 Å². The van der Waals surface area contributed by atoms with Crippen LogP contribution in [0, 0.1) is 0 Å². The Bertz CT molecular complexity index is 1040. The Morgan fingerprint density at radius 1 is 0.938 bits per heavy atom. The molecule has 0 aromatic heterocycles. The van der Waals surface area contributed by atoms with Crippen LogP contribution in [-0.2, 0) is 21.9 Å². The number of hydrogen-bond donors (Lipinski definition) is 3. The second kappa shape index (κ2) is 8.73. The fraction of sp³-hybridized carbons (Fsp3) is 0.211. The van der Waals surface area contributed by atoms with Gasteiger partial charge in [0.25, 0.3) is 5.91 Å². The molecule has 3 rings (SSSR count). The van der Waals surface area contributed by atoms with Crippen LogP contribution in [-0.4, -0.2) is 23.0 Å². The van der Waals surface area contributed by atoms with Crippen molar-refractivity contribution in [2.75, 3.05) is 5.32 Å². The highest BCUT2D eigenvalue weighted by atomic mass is 32.2. The first-order valence-corrected chi connectivity index (χ1v) is 9.68. The van der Waals surface area contributed by atoms with E-state index in [1.54, 1.807) is 29.7 Å². The molecule has 0 saturated heterocycles. The molecule has 1 aliphatic rings. The van der Waals surface area contributed by atoms with Crippen molar-refractivity contribution in [1.82, 2.24) is 10.9 Å². The fourth-order valence-corrected chi connectivity index (χ4v) is 3.84.